The van der Waals surface area contributed by atoms with Gasteiger partial charge in [0.1, 0.15) is 0 Å². The van der Waals surface area contributed by atoms with E-state index in [2.05, 4.69) is 27.7 Å². The van der Waals surface area contributed by atoms with Crippen molar-refractivity contribution in [1.82, 2.24) is 0 Å². The van der Waals surface area contributed by atoms with Gasteiger partial charge in [0.25, 0.3) is 0 Å². The number of hydrogen-bond acceptors (Lipinski definition) is 0. The minimum absolute atomic E-state index is 0.699. The molecule has 0 aromatic heterocycles. The van der Waals surface area contributed by atoms with Crippen LogP contribution in [0.5, 0.6) is 0 Å². The first-order chi connectivity index (χ1) is 10.5. The molecular formula is C22H38. The first-order valence-electron chi connectivity index (χ1n) is 10.5. The first-order valence-corrected chi connectivity index (χ1v) is 10.5. The van der Waals surface area contributed by atoms with Gasteiger partial charge in [0.15, 0.2) is 0 Å². The maximum Gasteiger partial charge on any atom is -0.0264 e. The van der Waals surface area contributed by atoms with Gasteiger partial charge in [0.05, 0.1) is 0 Å². The van der Waals surface area contributed by atoms with E-state index < -0.39 is 0 Å². The van der Waals surface area contributed by atoms with Crippen LogP contribution >= 0.6 is 0 Å². The van der Waals surface area contributed by atoms with Crippen LogP contribution in [0.4, 0.5) is 0 Å². The van der Waals surface area contributed by atoms with Crippen molar-refractivity contribution in [2.75, 3.05) is 0 Å². The summed E-state index contributed by atoms with van der Waals surface area (Å²) in [7, 11) is 0. The predicted octanol–water partition coefficient (Wildman–Crippen LogP) is 6.55. The van der Waals surface area contributed by atoms with Gasteiger partial charge in [-0.1, -0.05) is 34.1 Å². The molecule has 0 saturated heterocycles. The molecule has 4 rings (SSSR count). The largest absolute Gasteiger partial charge is 0.0625 e. The van der Waals surface area contributed by atoms with Gasteiger partial charge in [-0.3, -0.25) is 0 Å². The Morgan fingerprint density at radius 3 is 2.36 bits per heavy atom. The fraction of sp³-hybridized carbons (Fsp3) is 1.00. The molecule has 0 spiro atoms. The molecular weight excluding hydrogens is 264 g/mol. The zero-order valence-electron chi connectivity index (χ0n) is 15.5. The van der Waals surface area contributed by atoms with Crippen LogP contribution in [0, 0.1) is 52.8 Å². The normalized spacial score (nSPS) is 54.7. The van der Waals surface area contributed by atoms with Gasteiger partial charge in [0.2, 0.25) is 0 Å². The predicted molar refractivity (Wildman–Crippen MR) is 94.6 cm³/mol. The highest BCUT2D eigenvalue weighted by atomic mass is 14.6. The van der Waals surface area contributed by atoms with E-state index >= 15 is 0 Å². The molecule has 4 saturated carbocycles. The van der Waals surface area contributed by atoms with Gasteiger partial charge in [-0.2, -0.15) is 0 Å². The first kappa shape index (κ1) is 15.5. The smallest absolute Gasteiger partial charge is 0.0264 e. The van der Waals surface area contributed by atoms with Crippen molar-refractivity contribution in [3.8, 4) is 0 Å². The third kappa shape index (κ3) is 2.22. The molecule has 0 amide bonds. The third-order valence-corrected chi connectivity index (χ3v) is 9.09. The lowest BCUT2D eigenvalue weighted by Crippen LogP contribution is -2.48. The molecule has 0 aromatic carbocycles. The number of hydrogen-bond donors (Lipinski definition) is 0. The number of rotatable bonds is 1. The van der Waals surface area contributed by atoms with Crippen molar-refractivity contribution in [1.29, 1.82) is 0 Å². The summed E-state index contributed by atoms with van der Waals surface area (Å²) in [5.74, 6) is 8.48. The molecule has 0 aromatic rings. The van der Waals surface area contributed by atoms with Crippen LogP contribution in [0.3, 0.4) is 0 Å². The topological polar surface area (TPSA) is 0 Å². The molecule has 126 valence electrons. The molecule has 0 bridgehead atoms. The zero-order chi connectivity index (χ0) is 15.5. The van der Waals surface area contributed by atoms with Gasteiger partial charge >= 0.3 is 0 Å². The molecule has 4 aliphatic rings. The lowest BCUT2D eigenvalue weighted by atomic mass is 9.49. The summed E-state index contributed by atoms with van der Waals surface area (Å²) >= 11 is 0. The lowest BCUT2D eigenvalue weighted by Gasteiger charge is -2.56. The van der Waals surface area contributed by atoms with E-state index in [9.17, 15) is 0 Å². The summed E-state index contributed by atoms with van der Waals surface area (Å²) < 4.78 is 0. The van der Waals surface area contributed by atoms with Gasteiger partial charge in [-0.05, 0) is 104 Å². The van der Waals surface area contributed by atoms with Crippen molar-refractivity contribution in [2.45, 2.75) is 85.5 Å². The Hall–Kier alpha value is 0. The minimum Gasteiger partial charge on any atom is -0.0625 e. The monoisotopic (exact) mass is 302 g/mol. The molecule has 7 unspecified atom stereocenters. The Morgan fingerprint density at radius 2 is 1.59 bits per heavy atom. The van der Waals surface area contributed by atoms with E-state index in [1.165, 1.54) is 12.8 Å². The fourth-order valence-corrected chi connectivity index (χ4v) is 8.22. The van der Waals surface area contributed by atoms with Crippen LogP contribution in [0.2, 0.25) is 0 Å². The van der Waals surface area contributed by atoms with Crippen LogP contribution in [-0.4, -0.2) is 0 Å². The third-order valence-electron chi connectivity index (χ3n) is 9.09. The van der Waals surface area contributed by atoms with Crippen molar-refractivity contribution in [3.63, 3.8) is 0 Å². The van der Waals surface area contributed by atoms with Gasteiger partial charge < -0.3 is 0 Å². The standard InChI is InChI=1S/C22H38/c1-14(2)20-9-10-21-19-8-6-16-13-15(3)5-7-17(16)18(19)11-12-22(20,21)4/h14-21H,5-13H2,1-4H3/t15?,16?,17?,18?,19?,20?,21-,22?/m0/s1. The van der Waals surface area contributed by atoms with Gasteiger partial charge in [0, 0.05) is 0 Å². The van der Waals surface area contributed by atoms with Gasteiger partial charge in [-0.15, -0.1) is 0 Å². The minimum atomic E-state index is 0.699. The van der Waals surface area contributed by atoms with Crippen LogP contribution in [-0.2, 0) is 0 Å². The van der Waals surface area contributed by atoms with Crippen LogP contribution < -0.4 is 0 Å². The van der Waals surface area contributed by atoms with Crippen molar-refractivity contribution < 1.29 is 0 Å². The summed E-state index contributed by atoms with van der Waals surface area (Å²) in [6, 6.07) is 0. The average Bonchev–Trinajstić information content (AvgIpc) is 2.84. The SMILES string of the molecule is CC1CCC2C(CCC3C2CCC2(C)C(C(C)C)CC[C@@H]32)C1. The summed E-state index contributed by atoms with van der Waals surface area (Å²) in [5, 5.41) is 0. The second-order valence-corrected chi connectivity index (χ2v) is 10.3. The quantitative estimate of drug-likeness (QED) is 0.515. The molecule has 0 aliphatic heterocycles. The summed E-state index contributed by atoms with van der Waals surface area (Å²) in [6.07, 6.45) is 14.1. The van der Waals surface area contributed by atoms with Crippen LogP contribution in [0.1, 0.15) is 85.5 Å². The highest BCUT2D eigenvalue weighted by Crippen LogP contribution is 2.65. The fourth-order valence-electron chi connectivity index (χ4n) is 8.22. The second-order valence-electron chi connectivity index (χ2n) is 10.3. The summed E-state index contributed by atoms with van der Waals surface area (Å²) in [5.41, 5.74) is 0.699. The second kappa shape index (κ2) is 5.52. The molecule has 0 radical (unpaired) electrons. The molecule has 8 atom stereocenters. The maximum atomic E-state index is 2.70. The molecule has 0 heteroatoms. The summed E-state index contributed by atoms with van der Waals surface area (Å²) in [6.45, 7) is 10.2. The van der Waals surface area contributed by atoms with Gasteiger partial charge in [-0.25, -0.2) is 0 Å². The van der Waals surface area contributed by atoms with Crippen molar-refractivity contribution >= 4 is 0 Å². The highest BCUT2D eigenvalue weighted by molar-refractivity contribution is 5.06. The molecule has 0 nitrogen and oxygen atoms in total. The van der Waals surface area contributed by atoms with Crippen molar-refractivity contribution in [3.05, 3.63) is 0 Å². The Kier molecular flexibility index (Phi) is 3.90. The molecule has 0 N–H and O–H groups in total. The maximum absolute atomic E-state index is 2.70. The summed E-state index contributed by atoms with van der Waals surface area (Å²) in [4.78, 5) is 0. The van der Waals surface area contributed by atoms with E-state index in [1.807, 2.05) is 0 Å². The Bertz CT molecular complexity index is 410. The van der Waals surface area contributed by atoms with Crippen LogP contribution in [0.15, 0.2) is 0 Å². The Balaban J connectivity index is 1.55. The van der Waals surface area contributed by atoms with E-state index in [4.69, 9.17) is 0 Å². The number of fused-ring (bicyclic) bond motifs is 5. The van der Waals surface area contributed by atoms with Crippen LogP contribution in [0.25, 0.3) is 0 Å². The van der Waals surface area contributed by atoms with E-state index in [0.29, 0.717) is 5.41 Å². The van der Waals surface area contributed by atoms with E-state index in [0.717, 1.165) is 47.3 Å². The molecule has 4 aliphatic carbocycles. The zero-order valence-corrected chi connectivity index (χ0v) is 15.5. The average molecular weight is 303 g/mol. The molecule has 0 heterocycles. The Labute approximate surface area is 138 Å². The lowest BCUT2D eigenvalue weighted by molar-refractivity contribution is -0.0719. The van der Waals surface area contributed by atoms with E-state index in [-0.39, 0.29) is 0 Å². The highest BCUT2D eigenvalue weighted by Gasteiger charge is 2.57. The van der Waals surface area contributed by atoms with Crippen molar-refractivity contribution in [2.24, 2.45) is 52.8 Å². The Morgan fingerprint density at radius 1 is 0.818 bits per heavy atom. The molecule has 4 fully saturated rings. The molecule has 22 heavy (non-hydrogen) atoms. The van der Waals surface area contributed by atoms with E-state index in [1.54, 1.807) is 44.9 Å².